The first-order chi connectivity index (χ1) is 9.19. The molecule has 4 nitrogen and oxygen atoms in total. The minimum absolute atomic E-state index is 0.135. The Morgan fingerprint density at radius 2 is 2.05 bits per heavy atom. The van der Waals surface area contributed by atoms with Gasteiger partial charge in [0, 0.05) is 18.5 Å². The maximum Gasteiger partial charge on any atom is 0.223 e. The van der Waals surface area contributed by atoms with Crippen LogP contribution in [0.15, 0.2) is 24.3 Å². The quantitative estimate of drug-likeness (QED) is 0.816. The number of hydrogen-bond donors (Lipinski definition) is 2. The summed E-state index contributed by atoms with van der Waals surface area (Å²) < 4.78 is 5.39. The highest BCUT2D eigenvalue weighted by Crippen LogP contribution is 2.25. The summed E-state index contributed by atoms with van der Waals surface area (Å²) >= 11 is 0. The zero-order valence-electron chi connectivity index (χ0n) is 11.4. The predicted octanol–water partition coefficient (Wildman–Crippen LogP) is 1.48. The lowest BCUT2D eigenvalue weighted by atomic mass is 9.80. The summed E-state index contributed by atoms with van der Waals surface area (Å²) in [7, 11) is 0. The molecule has 0 heterocycles. The van der Waals surface area contributed by atoms with Gasteiger partial charge in [-0.05, 0) is 43.9 Å². The van der Waals surface area contributed by atoms with Crippen LogP contribution in [0.3, 0.4) is 0 Å². The molecule has 1 fully saturated rings. The first-order valence-electron chi connectivity index (χ1n) is 6.94. The molecule has 0 bridgehead atoms. The summed E-state index contributed by atoms with van der Waals surface area (Å²) in [6.45, 7) is 3.33. The van der Waals surface area contributed by atoms with Crippen molar-refractivity contribution in [1.82, 2.24) is 5.32 Å². The molecule has 19 heavy (non-hydrogen) atoms. The van der Waals surface area contributed by atoms with Crippen molar-refractivity contribution < 1.29 is 9.53 Å². The molecule has 1 aromatic carbocycles. The van der Waals surface area contributed by atoms with Crippen LogP contribution in [0.25, 0.3) is 0 Å². The van der Waals surface area contributed by atoms with Crippen LogP contribution in [0.2, 0.25) is 0 Å². The van der Waals surface area contributed by atoms with Gasteiger partial charge >= 0.3 is 0 Å². The fourth-order valence-electron chi connectivity index (χ4n) is 2.27. The van der Waals surface area contributed by atoms with E-state index in [4.69, 9.17) is 10.5 Å². The Morgan fingerprint density at radius 3 is 2.63 bits per heavy atom. The van der Waals surface area contributed by atoms with Crippen LogP contribution in [0.1, 0.15) is 25.3 Å². The van der Waals surface area contributed by atoms with Gasteiger partial charge in [-0.2, -0.15) is 0 Å². The monoisotopic (exact) mass is 262 g/mol. The van der Waals surface area contributed by atoms with Crippen molar-refractivity contribution in [3.8, 4) is 5.75 Å². The smallest absolute Gasteiger partial charge is 0.223 e. The molecule has 4 heteroatoms. The van der Waals surface area contributed by atoms with Gasteiger partial charge in [-0.15, -0.1) is 0 Å². The maximum atomic E-state index is 11.7. The predicted molar refractivity (Wildman–Crippen MR) is 75.0 cm³/mol. The zero-order valence-corrected chi connectivity index (χ0v) is 11.4. The molecule has 0 radical (unpaired) electrons. The van der Waals surface area contributed by atoms with E-state index in [-0.39, 0.29) is 17.9 Å². The van der Waals surface area contributed by atoms with Crippen LogP contribution >= 0.6 is 0 Å². The lowest BCUT2D eigenvalue weighted by molar-refractivity contribution is -0.127. The Morgan fingerprint density at radius 1 is 1.37 bits per heavy atom. The molecule has 0 unspecified atom stereocenters. The first kappa shape index (κ1) is 13.9. The topological polar surface area (TPSA) is 64.3 Å². The van der Waals surface area contributed by atoms with Crippen LogP contribution in [0.5, 0.6) is 5.75 Å². The van der Waals surface area contributed by atoms with Gasteiger partial charge in [0.15, 0.2) is 0 Å². The highest BCUT2D eigenvalue weighted by atomic mass is 16.5. The largest absolute Gasteiger partial charge is 0.494 e. The molecular weight excluding hydrogens is 240 g/mol. The van der Waals surface area contributed by atoms with Gasteiger partial charge < -0.3 is 15.8 Å². The van der Waals surface area contributed by atoms with Crippen LogP contribution in [0, 0.1) is 5.92 Å². The Balaban J connectivity index is 1.69. The summed E-state index contributed by atoms with van der Waals surface area (Å²) in [4.78, 5) is 11.7. The number of ether oxygens (including phenoxy) is 1. The van der Waals surface area contributed by atoms with Gasteiger partial charge in [-0.25, -0.2) is 0 Å². The molecular formula is C15H22N2O2. The van der Waals surface area contributed by atoms with Gasteiger partial charge in [0.2, 0.25) is 5.91 Å². The van der Waals surface area contributed by atoms with Gasteiger partial charge in [0.05, 0.1) is 6.61 Å². The molecule has 0 aliphatic heterocycles. The third kappa shape index (κ3) is 3.96. The number of benzene rings is 1. The average molecular weight is 262 g/mol. The lowest BCUT2D eigenvalue weighted by Crippen LogP contribution is -2.45. The number of amides is 1. The minimum atomic E-state index is 0.135. The molecule has 3 N–H and O–H groups in total. The normalized spacial score (nSPS) is 21.6. The molecule has 1 aliphatic rings. The standard InChI is InChI=1S/C15H22N2O2/c1-2-19-14-5-3-11(4-6-14)7-8-17-15(18)12-9-13(16)10-12/h3-6,12-13H,2,7-10,16H2,1H3,(H,17,18). The second-order valence-corrected chi connectivity index (χ2v) is 5.05. The number of rotatable bonds is 6. The number of carbonyl (C=O) groups excluding carboxylic acids is 1. The molecule has 0 spiro atoms. The Hall–Kier alpha value is -1.55. The van der Waals surface area contributed by atoms with Gasteiger partial charge in [-0.1, -0.05) is 12.1 Å². The van der Waals surface area contributed by atoms with Crippen LogP contribution in [-0.2, 0) is 11.2 Å². The van der Waals surface area contributed by atoms with Crippen molar-refractivity contribution in [2.24, 2.45) is 11.7 Å². The third-order valence-corrected chi connectivity index (χ3v) is 3.49. The minimum Gasteiger partial charge on any atom is -0.494 e. The molecule has 0 atom stereocenters. The van der Waals surface area contributed by atoms with E-state index in [9.17, 15) is 4.79 Å². The van der Waals surface area contributed by atoms with Crippen molar-refractivity contribution >= 4 is 5.91 Å². The Kier molecular flexibility index (Phi) is 4.80. The van der Waals surface area contributed by atoms with E-state index in [1.807, 2.05) is 31.2 Å². The lowest BCUT2D eigenvalue weighted by Gasteiger charge is -2.31. The van der Waals surface area contributed by atoms with E-state index < -0.39 is 0 Å². The summed E-state index contributed by atoms with van der Waals surface area (Å²) in [5.41, 5.74) is 6.88. The molecule has 1 aromatic rings. The second-order valence-electron chi connectivity index (χ2n) is 5.05. The Labute approximate surface area is 114 Å². The SMILES string of the molecule is CCOc1ccc(CCNC(=O)C2CC(N)C2)cc1. The molecule has 0 aromatic heterocycles. The van der Waals surface area contributed by atoms with Gasteiger partial charge in [-0.3, -0.25) is 4.79 Å². The van der Waals surface area contributed by atoms with Crippen LogP contribution < -0.4 is 15.8 Å². The maximum absolute atomic E-state index is 11.7. The fourth-order valence-corrected chi connectivity index (χ4v) is 2.27. The van der Waals surface area contributed by atoms with Gasteiger partial charge in [0.25, 0.3) is 0 Å². The number of nitrogens with one attached hydrogen (secondary N) is 1. The second kappa shape index (κ2) is 6.57. The van der Waals surface area contributed by atoms with E-state index in [0.29, 0.717) is 13.2 Å². The summed E-state index contributed by atoms with van der Waals surface area (Å²) in [5, 5.41) is 2.97. The number of carbonyl (C=O) groups is 1. The van der Waals surface area contributed by atoms with Crippen molar-refractivity contribution in [1.29, 1.82) is 0 Å². The summed E-state index contributed by atoms with van der Waals surface area (Å²) in [6.07, 6.45) is 2.50. The van der Waals surface area contributed by atoms with E-state index in [0.717, 1.165) is 25.0 Å². The van der Waals surface area contributed by atoms with Crippen LogP contribution in [0.4, 0.5) is 0 Å². The van der Waals surface area contributed by atoms with E-state index in [1.54, 1.807) is 0 Å². The molecule has 1 amide bonds. The fraction of sp³-hybridized carbons (Fsp3) is 0.533. The molecule has 1 saturated carbocycles. The number of nitrogens with two attached hydrogens (primary N) is 1. The van der Waals surface area contributed by atoms with E-state index >= 15 is 0 Å². The molecule has 1 aliphatic carbocycles. The molecule has 2 rings (SSSR count). The first-order valence-corrected chi connectivity index (χ1v) is 6.94. The third-order valence-electron chi connectivity index (χ3n) is 3.49. The Bertz CT molecular complexity index is 411. The van der Waals surface area contributed by atoms with Crippen LogP contribution in [-0.4, -0.2) is 25.1 Å². The summed E-state index contributed by atoms with van der Waals surface area (Å²) in [5.74, 6) is 1.17. The summed E-state index contributed by atoms with van der Waals surface area (Å²) in [6, 6.07) is 8.23. The zero-order chi connectivity index (χ0) is 13.7. The van der Waals surface area contributed by atoms with Gasteiger partial charge in [0.1, 0.15) is 5.75 Å². The van der Waals surface area contributed by atoms with E-state index in [1.165, 1.54) is 5.56 Å². The molecule has 104 valence electrons. The average Bonchev–Trinajstić information content (AvgIpc) is 2.37. The van der Waals surface area contributed by atoms with Crippen molar-refractivity contribution in [3.05, 3.63) is 29.8 Å². The molecule has 0 saturated heterocycles. The number of hydrogen-bond acceptors (Lipinski definition) is 3. The highest BCUT2D eigenvalue weighted by Gasteiger charge is 2.31. The van der Waals surface area contributed by atoms with E-state index in [2.05, 4.69) is 5.32 Å². The highest BCUT2D eigenvalue weighted by molar-refractivity contribution is 5.79. The van der Waals surface area contributed by atoms with Crippen molar-refractivity contribution in [2.75, 3.05) is 13.2 Å². The van der Waals surface area contributed by atoms with Crippen molar-refractivity contribution in [3.63, 3.8) is 0 Å². The van der Waals surface area contributed by atoms with Crippen molar-refractivity contribution in [2.45, 2.75) is 32.2 Å².